The Bertz CT molecular complexity index is 632. The molecule has 6 nitrogen and oxygen atoms in total. The van der Waals surface area contributed by atoms with Gasteiger partial charge in [-0.3, -0.25) is 9.59 Å². The molecule has 0 saturated carbocycles. The third kappa shape index (κ3) is 5.56. The molecule has 0 unspecified atom stereocenters. The molecule has 0 saturated heterocycles. The van der Waals surface area contributed by atoms with Gasteiger partial charge in [0.05, 0.1) is 11.4 Å². The van der Waals surface area contributed by atoms with Gasteiger partial charge in [-0.15, -0.1) is 0 Å². The number of aryl methyl sites for hydroxylation is 1. The third-order valence-corrected chi connectivity index (χ3v) is 4.29. The van der Waals surface area contributed by atoms with E-state index in [9.17, 15) is 18.0 Å². The predicted molar refractivity (Wildman–Crippen MR) is 78.4 cm³/mol. The van der Waals surface area contributed by atoms with E-state index in [4.69, 9.17) is 0 Å². The van der Waals surface area contributed by atoms with E-state index in [0.717, 1.165) is 0 Å². The van der Waals surface area contributed by atoms with Crippen molar-refractivity contribution in [2.75, 3.05) is 16.8 Å². The maximum Gasteiger partial charge on any atom is 0.250 e. The van der Waals surface area contributed by atoms with Crippen molar-refractivity contribution >= 4 is 21.4 Å². The first-order chi connectivity index (χ1) is 9.19. The van der Waals surface area contributed by atoms with E-state index in [2.05, 4.69) is 5.32 Å². The second-order valence-corrected chi connectivity index (χ2v) is 7.37. The number of pyridine rings is 1. The highest BCUT2D eigenvalue weighted by Crippen LogP contribution is 2.06. The lowest BCUT2D eigenvalue weighted by Crippen LogP contribution is -2.26. The molecule has 1 heterocycles. The van der Waals surface area contributed by atoms with Crippen molar-refractivity contribution in [1.29, 1.82) is 0 Å². The molecule has 0 aliphatic carbocycles. The Kier molecular flexibility index (Phi) is 5.50. The first kappa shape index (κ1) is 16.4. The van der Waals surface area contributed by atoms with Crippen molar-refractivity contribution < 1.29 is 13.2 Å². The summed E-state index contributed by atoms with van der Waals surface area (Å²) in [6.45, 7) is 3.86. The van der Waals surface area contributed by atoms with E-state index in [1.165, 1.54) is 22.9 Å². The van der Waals surface area contributed by atoms with E-state index in [0.29, 0.717) is 12.1 Å². The van der Waals surface area contributed by atoms with Gasteiger partial charge in [-0.25, -0.2) is 8.42 Å². The highest BCUT2D eigenvalue weighted by molar-refractivity contribution is 7.92. The van der Waals surface area contributed by atoms with Crippen LogP contribution in [0.5, 0.6) is 0 Å². The molecule has 0 fully saturated rings. The fourth-order valence-electron chi connectivity index (χ4n) is 1.55. The summed E-state index contributed by atoms with van der Waals surface area (Å²) in [5.74, 6) is -0.850. The van der Waals surface area contributed by atoms with Crippen LogP contribution in [0.1, 0.15) is 20.3 Å². The number of nitrogens with zero attached hydrogens (tertiary/aromatic N) is 1. The molecular weight excluding hydrogens is 280 g/mol. The fraction of sp³-hybridized carbons (Fsp3) is 0.538. The number of rotatable bonds is 6. The number of hydrogen-bond donors (Lipinski definition) is 1. The molecule has 0 bridgehead atoms. The molecule has 7 heteroatoms. The number of sulfone groups is 1. The van der Waals surface area contributed by atoms with Gasteiger partial charge in [0.15, 0.2) is 9.84 Å². The van der Waals surface area contributed by atoms with Gasteiger partial charge in [0.1, 0.15) is 5.75 Å². The zero-order chi connectivity index (χ0) is 15.3. The van der Waals surface area contributed by atoms with Crippen molar-refractivity contribution in [3.05, 3.63) is 28.7 Å². The minimum Gasteiger partial charge on any atom is -0.324 e. The van der Waals surface area contributed by atoms with Gasteiger partial charge in [0.2, 0.25) is 11.5 Å². The van der Waals surface area contributed by atoms with Crippen LogP contribution in [0.25, 0.3) is 0 Å². The second kappa shape index (κ2) is 6.69. The van der Waals surface area contributed by atoms with Crippen LogP contribution in [0.2, 0.25) is 0 Å². The minimum absolute atomic E-state index is 0.00532. The Morgan fingerprint density at radius 3 is 2.55 bits per heavy atom. The number of aromatic nitrogens is 1. The number of anilines is 1. The molecular formula is C13H20N2O4S. The molecule has 0 atom stereocenters. The molecule has 1 amide bonds. The SMILES string of the molecule is CC(C)CCS(=O)(=O)CC(=O)Nc1ccc(=O)n(C)c1. The molecule has 112 valence electrons. The van der Waals surface area contributed by atoms with Gasteiger partial charge in [-0.2, -0.15) is 0 Å². The van der Waals surface area contributed by atoms with Crippen LogP contribution in [0, 0.1) is 5.92 Å². The lowest BCUT2D eigenvalue weighted by atomic mass is 10.2. The Balaban J connectivity index is 2.63. The summed E-state index contributed by atoms with van der Waals surface area (Å²) in [6, 6.07) is 2.75. The standard InChI is InChI=1S/C13H20N2O4S/c1-10(2)6-7-20(18,19)9-12(16)14-11-4-5-13(17)15(3)8-11/h4-5,8,10H,6-7,9H2,1-3H3,(H,14,16). The maximum atomic E-state index is 11.7. The predicted octanol–water partition coefficient (Wildman–Crippen LogP) is 0.785. The molecule has 0 aliphatic heterocycles. The number of hydrogen-bond acceptors (Lipinski definition) is 4. The Morgan fingerprint density at radius 2 is 2.00 bits per heavy atom. The maximum absolute atomic E-state index is 11.7. The number of carbonyl (C=O) groups is 1. The fourth-order valence-corrected chi connectivity index (χ4v) is 3.00. The van der Waals surface area contributed by atoms with Crippen LogP contribution in [0.3, 0.4) is 0 Å². The van der Waals surface area contributed by atoms with Gasteiger partial charge in [0.25, 0.3) is 0 Å². The van der Waals surface area contributed by atoms with Crippen molar-refractivity contribution in [2.24, 2.45) is 13.0 Å². The van der Waals surface area contributed by atoms with Crippen molar-refractivity contribution in [3.8, 4) is 0 Å². The molecule has 1 aromatic heterocycles. The average molecular weight is 300 g/mol. The Labute approximate surface area is 118 Å². The van der Waals surface area contributed by atoms with E-state index in [1.807, 2.05) is 13.8 Å². The van der Waals surface area contributed by atoms with Crippen LogP contribution in [-0.2, 0) is 21.7 Å². The number of nitrogens with one attached hydrogen (secondary N) is 1. The summed E-state index contributed by atoms with van der Waals surface area (Å²) in [7, 11) is -1.84. The van der Waals surface area contributed by atoms with Crippen LogP contribution >= 0.6 is 0 Å². The molecule has 20 heavy (non-hydrogen) atoms. The summed E-state index contributed by atoms with van der Waals surface area (Å²) in [6.07, 6.45) is 1.98. The van der Waals surface area contributed by atoms with Crippen LogP contribution in [0.4, 0.5) is 5.69 Å². The number of amides is 1. The van der Waals surface area contributed by atoms with Crippen LogP contribution in [0.15, 0.2) is 23.1 Å². The summed E-state index contributed by atoms with van der Waals surface area (Å²) in [4.78, 5) is 22.9. The molecule has 0 aromatic carbocycles. The summed E-state index contributed by atoms with van der Waals surface area (Å²) in [5, 5.41) is 2.48. The van der Waals surface area contributed by atoms with E-state index in [-0.39, 0.29) is 17.2 Å². The normalized spacial score (nSPS) is 11.6. The zero-order valence-electron chi connectivity index (χ0n) is 11.9. The summed E-state index contributed by atoms with van der Waals surface area (Å²) < 4.78 is 24.8. The smallest absolute Gasteiger partial charge is 0.250 e. The first-order valence-electron chi connectivity index (χ1n) is 6.36. The summed E-state index contributed by atoms with van der Waals surface area (Å²) >= 11 is 0. The van der Waals surface area contributed by atoms with E-state index in [1.54, 1.807) is 7.05 Å². The van der Waals surface area contributed by atoms with Gasteiger partial charge >= 0.3 is 0 Å². The minimum atomic E-state index is -3.39. The van der Waals surface area contributed by atoms with Crippen molar-refractivity contribution in [2.45, 2.75) is 20.3 Å². The lowest BCUT2D eigenvalue weighted by molar-refractivity contribution is -0.113. The topological polar surface area (TPSA) is 85.2 Å². The molecule has 0 aliphatic rings. The van der Waals surface area contributed by atoms with E-state index >= 15 is 0 Å². The molecule has 0 radical (unpaired) electrons. The monoisotopic (exact) mass is 300 g/mol. The van der Waals surface area contributed by atoms with Gasteiger partial charge in [0, 0.05) is 19.3 Å². The molecule has 1 N–H and O–H groups in total. The highest BCUT2D eigenvalue weighted by atomic mass is 32.2. The van der Waals surface area contributed by atoms with Crippen LogP contribution in [-0.4, -0.2) is 30.4 Å². The van der Waals surface area contributed by atoms with Gasteiger partial charge in [-0.05, 0) is 18.4 Å². The molecule has 1 aromatic rings. The average Bonchev–Trinajstić information content (AvgIpc) is 2.31. The number of carbonyl (C=O) groups excluding carboxylic acids is 1. The van der Waals surface area contributed by atoms with Crippen molar-refractivity contribution in [1.82, 2.24) is 4.57 Å². The van der Waals surface area contributed by atoms with Gasteiger partial charge in [-0.1, -0.05) is 13.8 Å². The molecule has 0 spiro atoms. The van der Waals surface area contributed by atoms with E-state index < -0.39 is 21.5 Å². The second-order valence-electron chi connectivity index (χ2n) is 5.19. The van der Waals surface area contributed by atoms with Crippen molar-refractivity contribution in [3.63, 3.8) is 0 Å². The Hall–Kier alpha value is -1.63. The summed E-state index contributed by atoms with van der Waals surface area (Å²) in [5.41, 5.74) is 0.198. The largest absolute Gasteiger partial charge is 0.324 e. The zero-order valence-corrected chi connectivity index (χ0v) is 12.7. The quantitative estimate of drug-likeness (QED) is 0.841. The lowest BCUT2D eigenvalue weighted by Gasteiger charge is -2.08. The first-order valence-corrected chi connectivity index (χ1v) is 8.19. The molecule has 1 rings (SSSR count). The highest BCUT2D eigenvalue weighted by Gasteiger charge is 2.17. The van der Waals surface area contributed by atoms with Crippen LogP contribution < -0.4 is 10.9 Å². The van der Waals surface area contributed by atoms with Gasteiger partial charge < -0.3 is 9.88 Å². The third-order valence-electron chi connectivity index (χ3n) is 2.73. The Morgan fingerprint density at radius 1 is 1.35 bits per heavy atom.